The van der Waals surface area contributed by atoms with E-state index in [0.29, 0.717) is 24.9 Å². The van der Waals surface area contributed by atoms with E-state index in [-0.39, 0.29) is 0 Å². The Balaban J connectivity index is 1.31. The summed E-state index contributed by atoms with van der Waals surface area (Å²) in [5.41, 5.74) is 2.38. The van der Waals surface area contributed by atoms with Crippen LogP contribution >= 0.6 is 0 Å². The second-order valence-electron chi connectivity index (χ2n) is 7.34. The number of aryl methyl sites for hydroxylation is 1. The SMILES string of the molecule is Cc1noc2ncnc(NCc3cccc(OCCN(C)C4CCOCC4)c3)c12. The van der Waals surface area contributed by atoms with Crippen molar-refractivity contribution in [3.05, 3.63) is 41.9 Å². The van der Waals surface area contributed by atoms with Gasteiger partial charge in [-0.05, 0) is 44.5 Å². The Kier molecular flexibility index (Phi) is 6.21. The van der Waals surface area contributed by atoms with Crippen molar-refractivity contribution in [1.29, 1.82) is 0 Å². The first kappa shape index (κ1) is 19.6. The molecule has 0 radical (unpaired) electrons. The van der Waals surface area contributed by atoms with Crippen LogP contribution < -0.4 is 10.1 Å². The fourth-order valence-electron chi connectivity index (χ4n) is 3.60. The third kappa shape index (κ3) is 4.83. The van der Waals surface area contributed by atoms with Crippen LogP contribution in [0.5, 0.6) is 5.75 Å². The number of rotatable bonds is 8. The number of anilines is 1. The molecule has 2 aromatic heterocycles. The van der Waals surface area contributed by atoms with Crippen molar-refractivity contribution in [2.75, 3.05) is 38.7 Å². The van der Waals surface area contributed by atoms with E-state index in [0.717, 1.165) is 60.8 Å². The van der Waals surface area contributed by atoms with Gasteiger partial charge in [-0.2, -0.15) is 4.98 Å². The molecule has 4 rings (SSSR count). The molecule has 29 heavy (non-hydrogen) atoms. The van der Waals surface area contributed by atoms with E-state index in [1.807, 2.05) is 19.1 Å². The Hall–Kier alpha value is -2.71. The normalized spacial score (nSPS) is 15.1. The van der Waals surface area contributed by atoms with Gasteiger partial charge in [-0.25, -0.2) is 4.98 Å². The second kappa shape index (κ2) is 9.19. The van der Waals surface area contributed by atoms with Gasteiger partial charge in [0.05, 0.1) is 5.69 Å². The highest BCUT2D eigenvalue weighted by Gasteiger charge is 2.18. The summed E-state index contributed by atoms with van der Waals surface area (Å²) in [5.74, 6) is 1.59. The lowest BCUT2D eigenvalue weighted by atomic mass is 10.1. The van der Waals surface area contributed by atoms with Crippen LogP contribution in [0, 0.1) is 6.92 Å². The Morgan fingerprint density at radius 3 is 2.97 bits per heavy atom. The molecule has 0 aliphatic carbocycles. The predicted octanol–water partition coefficient (Wildman–Crippen LogP) is 3.03. The van der Waals surface area contributed by atoms with E-state index in [9.17, 15) is 0 Å². The molecule has 3 aromatic rings. The molecule has 1 saturated heterocycles. The molecule has 0 unspecified atom stereocenters. The summed E-state index contributed by atoms with van der Waals surface area (Å²) in [6, 6.07) is 8.71. The summed E-state index contributed by atoms with van der Waals surface area (Å²) < 4.78 is 16.6. The lowest BCUT2D eigenvalue weighted by Gasteiger charge is -2.31. The smallest absolute Gasteiger partial charge is 0.263 e. The molecule has 154 valence electrons. The molecule has 1 fully saturated rings. The van der Waals surface area contributed by atoms with Crippen LogP contribution in [0.3, 0.4) is 0 Å². The number of likely N-dealkylation sites (N-methyl/N-ethyl adjacent to an activating group) is 1. The summed E-state index contributed by atoms with van der Waals surface area (Å²) in [7, 11) is 2.16. The molecule has 0 bridgehead atoms. The fraction of sp³-hybridized carbons (Fsp3) is 0.476. The number of nitrogens with one attached hydrogen (secondary N) is 1. The first-order chi connectivity index (χ1) is 14.2. The van der Waals surface area contributed by atoms with Gasteiger partial charge < -0.3 is 19.3 Å². The number of ether oxygens (including phenoxy) is 2. The Labute approximate surface area is 170 Å². The van der Waals surface area contributed by atoms with Gasteiger partial charge in [0.1, 0.15) is 29.9 Å². The maximum Gasteiger partial charge on any atom is 0.263 e. The maximum atomic E-state index is 5.99. The van der Waals surface area contributed by atoms with Gasteiger partial charge in [0.15, 0.2) is 0 Å². The first-order valence-electron chi connectivity index (χ1n) is 10.0. The van der Waals surface area contributed by atoms with Crippen molar-refractivity contribution in [3.8, 4) is 5.75 Å². The first-order valence-corrected chi connectivity index (χ1v) is 10.0. The predicted molar refractivity (Wildman–Crippen MR) is 110 cm³/mol. The van der Waals surface area contributed by atoms with Crippen LogP contribution in [0.1, 0.15) is 24.1 Å². The Morgan fingerprint density at radius 1 is 1.24 bits per heavy atom. The van der Waals surface area contributed by atoms with Gasteiger partial charge in [-0.1, -0.05) is 17.3 Å². The van der Waals surface area contributed by atoms with Gasteiger partial charge in [0.25, 0.3) is 5.71 Å². The molecule has 8 nitrogen and oxygen atoms in total. The molecular weight excluding hydrogens is 370 g/mol. The standard InChI is InChI=1S/C21H27N5O3/c1-15-19-20(23-14-24-21(19)29-25-15)22-13-16-4-3-5-18(12-16)28-11-8-26(2)17-6-9-27-10-7-17/h3-5,12,14,17H,6-11,13H2,1-2H3,(H,22,23,24). The lowest BCUT2D eigenvalue weighted by Crippen LogP contribution is -2.38. The van der Waals surface area contributed by atoms with Crippen molar-refractivity contribution in [3.63, 3.8) is 0 Å². The third-order valence-corrected chi connectivity index (χ3v) is 5.33. The fourth-order valence-corrected chi connectivity index (χ4v) is 3.60. The van der Waals surface area contributed by atoms with Gasteiger partial charge in [-0.15, -0.1) is 0 Å². The number of hydrogen-bond acceptors (Lipinski definition) is 8. The third-order valence-electron chi connectivity index (χ3n) is 5.33. The highest BCUT2D eigenvalue weighted by atomic mass is 16.5. The van der Waals surface area contributed by atoms with Crippen LogP contribution in [0.25, 0.3) is 11.1 Å². The number of fused-ring (bicyclic) bond motifs is 1. The average molecular weight is 397 g/mol. The minimum absolute atomic E-state index is 0.491. The van der Waals surface area contributed by atoms with Crippen molar-refractivity contribution in [2.45, 2.75) is 32.4 Å². The van der Waals surface area contributed by atoms with E-state index < -0.39 is 0 Å². The number of hydrogen-bond donors (Lipinski definition) is 1. The minimum atomic E-state index is 0.491. The Morgan fingerprint density at radius 2 is 2.10 bits per heavy atom. The minimum Gasteiger partial charge on any atom is -0.492 e. The van der Waals surface area contributed by atoms with Crippen molar-refractivity contribution in [1.82, 2.24) is 20.0 Å². The highest BCUT2D eigenvalue weighted by molar-refractivity contribution is 5.87. The molecule has 0 atom stereocenters. The van der Waals surface area contributed by atoms with Crippen molar-refractivity contribution < 1.29 is 14.0 Å². The molecule has 8 heteroatoms. The van der Waals surface area contributed by atoms with Gasteiger partial charge in [0.2, 0.25) is 0 Å². The molecule has 1 aliphatic rings. The number of benzene rings is 1. The van der Waals surface area contributed by atoms with Crippen LogP contribution in [0.15, 0.2) is 35.1 Å². The van der Waals surface area contributed by atoms with Crippen LogP contribution in [-0.2, 0) is 11.3 Å². The van der Waals surface area contributed by atoms with E-state index in [2.05, 4.69) is 44.5 Å². The van der Waals surface area contributed by atoms with Gasteiger partial charge >= 0.3 is 0 Å². The zero-order chi connectivity index (χ0) is 20.1. The summed E-state index contributed by atoms with van der Waals surface area (Å²) in [6.07, 6.45) is 3.67. The molecular formula is C21H27N5O3. The zero-order valence-corrected chi connectivity index (χ0v) is 16.9. The zero-order valence-electron chi connectivity index (χ0n) is 16.9. The van der Waals surface area contributed by atoms with E-state index >= 15 is 0 Å². The summed E-state index contributed by atoms with van der Waals surface area (Å²) in [4.78, 5) is 10.8. The lowest BCUT2D eigenvalue weighted by molar-refractivity contribution is 0.0392. The van der Waals surface area contributed by atoms with Gasteiger partial charge in [-0.3, -0.25) is 4.90 Å². The Bertz CT molecular complexity index is 939. The van der Waals surface area contributed by atoms with Gasteiger partial charge in [0, 0.05) is 32.3 Å². The van der Waals surface area contributed by atoms with E-state index in [1.165, 1.54) is 6.33 Å². The molecule has 0 saturated carbocycles. The molecule has 1 aromatic carbocycles. The van der Waals surface area contributed by atoms with Crippen LogP contribution in [-0.4, -0.2) is 59.5 Å². The van der Waals surface area contributed by atoms with E-state index in [4.69, 9.17) is 14.0 Å². The van der Waals surface area contributed by atoms with Crippen LogP contribution in [0.2, 0.25) is 0 Å². The summed E-state index contributed by atoms with van der Waals surface area (Å²) in [5, 5.41) is 8.12. The summed E-state index contributed by atoms with van der Waals surface area (Å²) >= 11 is 0. The number of nitrogens with zero attached hydrogens (tertiary/aromatic N) is 4. The van der Waals surface area contributed by atoms with Crippen molar-refractivity contribution in [2.24, 2.45) is 0 Å². The topological polar surface area (TPSA) is 85.5 Å². The number of aromatic nitrogens is 3. The van der Waals surface area contributed by atoms with E-state index in [1.54, 1.807) is 0 Å². The molecule has 1 aliphatic heterocycles. The van der Waals surface area contributed by atoms with Crippen molar-refractivity contribution >= 4 is 16.9 Å². The second-order valence-corrected chi connectivity index (χ2v) is 7.34. The molecule has 0 spiro atoms. The summed E-state index contributed by atoms with van der Waals surface area (Å²) in [6.45, 7) is 5.79. The highest BCUT2D eigenvalue weighted by Crippen LogP contribution is 2.23. The largest absolute Gasteiger partial charge is 0.492 e. The molecule has 3 heterocycles. The van der Waals surface area contributed by atoms with Crippen LogP contribution in [0.4, 0.5) is 5.82 Å². The molecule has 1 N–H and O–H groups in total. The maximum absolute atomic E-state index is 5.99. The quantitative estimate of drug-likeness (QED) is 0.621. The average Bonchev–Trinajstić information content (AvgIpc) is 3.15. The molecule has 0 amide bonds. The monoisotopic (exact) mass is 397 g/mol.